The summed E-state index contributed by atoms with van der Waals surface area (Å²) in [6.07, 6.45) is 0. The van der Waals surface area contributed by atoms with Gasteiger partial charge in [0.05, 0.1) is 5.56 Å². The third kappa shape index (κ3) is 3.28. The highest BCUT2D eigenvalue weighted by Gasteiger charge is 2.02. The third-order valence-electron chi connectivity index (χ3n) is 2.12. The average Bonchev–Trinajstić information content (AvgIpc) is 2.73. The lowest BCUT2D eigenvalue weighted by Crippen LogP contribution is -2.00. The summed E-state index contributed by atoms with van der Waals surface area (Å²) in [5, 5.41) is 14.6. The molecule has 17 heavy (non-hydrogen) atoms. The second-order valence-corrected chi connectivity index (χ2v) is 5.00. The number of aromatic nitrogens is 1. The van der Waals surface area contributed by atoms with E-state index in [1.54, 1.807) is 24.3 Å². The molecule has 0 fully saturated rings. The predicted molar refractivity (Wildman–Crippen MR) is 70.5 cm³/mol. The summed E-state index contributed by atoms with van der Waals surface area (Å²) in [6.45, 7) is 0.625. The van der Waals surface area contributed by atoms with E-state index in [0.29, 0.717) is 12.1 Å². The van der Waals surface area contributed by atoms with Crippen LogP contribution in [-0.2, 0) is 6.54 Å². The Hall–Kier alpha value is -1.40. The van der Waals surface area contributed by atoms with E-state index in [1.165, 1.54) is 11.3 Å². The number of hydrogen-bond acceptors (Lipinski definition) is 4. The van der Waals surface area contributed by atoms with Gasteiger partial charge in [-0.15, -0.1) is 11.3 Å². The number of benzene rings is 1. The summed E-state index contributed by atoms with van der Waals surface area (Å²) in [7, 11) is 0. The van der Waals surface area contributed by atoms with Gasteiger partial charge in [0.15, 0.2) is 5.13 Å². The third-order valence-corrected chi connectivity index (χ3v) is 3.63. The van der Waals surface area contributed by atoms with E-state index in [9.17, 15) is 4.79 Å². The minimum absolute atomic E-state index is 0.297. The second-order valence-electron chi connectivity index (χ2n) is 3.33. The fraction of sp³-hybridized carbons (Fsp3) is 0.0909. The molecule has 0 saturated heterocycles. The molecule has 0 spiro atoms. The summed E-state index contributed by atoms with van der Waals surface area (Å²) < 4.78 is 0.811. The molecule has 0 unspecified atom stereocenters. The van der Waals surface area contributed by atoms with E-state index < -0.39 is 5.97 Å². The summed E-state index contributed by atoms with van der Waals surface area (Å²) in [5.41, 5.74) is 1.31. The zero-order valence-electron chi connectivity index (χ0n) is 8.68. The quantitative estimate of drug-likeness (QED) is 0.910. The molecule has 4 nitrogen and oxygen atoms in total. The van der Waals surface area contributed by atoms with Gasteiger partial charge in [0.2, 0.25) is 0 Å². The van der Waals surface area contributed by atoms with E-state index >= 15 is 0 Å². The monoisotopic (exact) mass is 312 g/mol. The first-order chi connectivity index (χ1) is 8.15. The van der Waals surface area contributed by atoms with Crippen molar-refractivity contribution in [3.05, 3.63) is 45.4 Å². The van der Waals surface area contributed by atoms with Crippen molar-refractivity contribution in [3.8, 4) is 0 Å². The molecule has 6 heteroatoms. The average molecular weight is 313 g/mol. The van der Waals surface area contributed by atoms with Gasteiger partial charge in [-0.3, -0.25) is 0 Å². The normalized spacial score (nSPS) is 10.2. The molecule has 2 rings (SSSR count). The van der Waals surface area contributed by atoms with Gasteiger partial charge < -0.3 is 10.4 Å². The number of carbonyl (C=O) groups is 1. The number of hydrogen-bond donors (Lipinski definition) is 2. The Morgan fingerprint density at radius 2 is 2.12 bits per heavy atom. The van der Waals surface area contributed by atoms with Crippen molar-refractivity contribution in [2.45, 2.75) is 6.54 Å². The van der Waals surface area contributed by atoms with Crippen molar-refractivity contribution in [1.29, 1.82) is 0 Å². The second kappa shape index (κ2) is 5.29. The van der Waals surface area contributed by atoms with Crippen LogP contribution in [0.4, 0.5) is 5.13 Å². The molecule has 1 aromatic heterocycles. The molecular formula is C11H9BrN2O2S. The van der Waals surface area contributed by atoms with Crippen LogP contribution in [0.2, 0.25) is 0 Å². The summed E-state index contributed by atoms with van der Waals surface area (Å²) >= 11 is 4.79. The van der Waals surface area contributed by atoms with Crippen LogP contribution < -0.4 is 5.32 Å². The molecule has 0 bridgehead atoms. The number of carboxylic acid groups (broad SMARTS) is 1. The van der Waals surface area contributed by atoms with Crippen LogP contribution in [0, 0.1) is 0 Å². The highest BCUT2D eigenvalue weighted by Crippen LogP contribution is 2.20. The van der Waals surface area contributed by atoms with Gasteiger partial charge in [-0.05, 0) is 33.6 Å². The van der Waals surface area contributed by atoms with Crippen LogP contribution in [0.1, 0.15) is 15.9 Å². The Bertz CT molecular complexity index is 525. The molecule has 2 N–H and O–H groups in total. The van der Waals surface area contributed by atoms with Crippen molar-refractivity contribution in [3.63, 3.8) is 0 Å². The lowest BCUT2D eigenvalue weighted by atomic mass is 10.1. The Labute approximate surface area is 110 Å². The Balaban J connectivity index is 1.97. The molecule has 0 atom stereocenters. The molecule has 88 valence electrons. The first-order valence-corrected chi connectivity index (χ1v) is 6.49. The van der Waals surface area contributed by atoms with E-state index in [0.717, 1.165) is 15.3 Å². The minimum Gasteiger partial charge on any atom is -0.478 e. The Morgan fingerprint density at radius 1 is 1.41 bits per heavy atom. The number of aromatic carboxylic acids is 1. The molecule has 0 aliphatic rings. The number of rotatable bonds is 4. The number of halogens is 1. The van der Waals surface area contributed by atoms with Crippen LogP contribution in [0.5, 0.6) is 0 Å². The summed E-state index contributed by atoms with van der Waals surface area (Å²) in [6, 6.07) is 6.77. The van der Waals surface area contributed by atoms with Crippen molar-refractivity contribution in [2.24, 2.45) is 0 Å². The van der Waals surface area contributed by atoms with Crippen molar-refractivity contribution in [1.82, 2.24) is 4.98 Å². The van der Waals surface area contributed by atoms with Crippen molar-refractivity contribution in [2.75, 3.05) is 5.32 Å². The lowest BCUT2D eigenvalue weighted by molar-refractivity contribution is 0.0697. The van der Waals surface area contributed by atoms with Crippen LogP contribution in [-0.4, -0.2) is 16.1 Å². The zero-order valence-corrected chi connectivity index (χ0v) is 11.1. The lowest BCUT2D eigenvalue weighted by Gasteiger charge is -2.03. The fourth-order valence-corrected chi connectivity index (χ4v) is 2.42. The number of nitrogens with one attached hydrogen (secondary N) is 1. The molecule has 0 amide bonds. The van der Waals surface area contributed by atoms with Gasteiger partial charge in [0.1, 0.15) is 4.60 Å². The maximum Gasteiger partial charge on any atom is 0.335 e. The Kier molecular flexibility index (Phi) is 3.75. The predicted octanol–water partition coefficient (Wildman–Crippen LogP) is 3.22. The maximum atomic E-state index is 10.7. The smallest absolute Gasteiger partial charge is 0.335 e. The molecule has 2 aromatic rings. The van der Waals surface area contributed by atoms with Crippen LogP contribution in [0.15, 0.2) is 34.2 Å². The first kappa shape index (κ1) is 12.1. The van der Waals surface area contributed by atoms with Gasteiger partial charge in [-0.1, -0.05) is 12.1 Å². The van der Waals surface area contributed by atoms with E-state index in [1.807, 2.05) is 5.38 Å². The molecule has 0 saturated carbocycles. The maximum absolute atomic E-state index is 10.7. The van der Waals surface area contributed by atoms with Gasteiger partial charge in [-0.25, -0.2) is 9.78 Å². The highest BCUT2D eigenvalue weighted by atomic mass is 79.9. The number of anilines is 1. The molecule has 0 aliphatic heterocycles. The van der Waals surface area contributed by atoms with Crippen LogP contribution in [0.25, 0.3) is 0 Å². The standard InChI is InChI=1S/C11H9BrN2O2S/c12-9-6-17-11(14-9)13-5-7-1-3-8(4-2-7)10(15)16/h1-4,6H,5H2,(H,13,14)(H,15,16). The van der Waals surface area contributed by atoms with Crippen LogP contribution >= 0.6 is 27.3 Å². The molecule has 0 aliphatic carbocycles. The topological polar surface area (TPSA) is 62.2 Å². The number of nitrogens with zero attached hydrogens (tertiary/aromatic N) is 1. The number of thiazole rings is 1. The molecule has 1 heterocycles. The molecule has 0 radical (unpaired) electrons. The molecule has 1 aromatic carbocycles. The van der Waals surface area contributed by atoms with E-state index in [2.05, 4.69) is 26.2 Å². The largest absolute Gasteiger partial charge is 0.478 e. The van der Waals surface area contributed by atoms with Gasteiger partial charge in [0, 0.05) is 11.9 Å². The minimum atomic E-state index is -0.909. The summed E-state index contributed by atoms with van der Waals surface area (Å²) in [5.74, 6) is -0.909. The first-order valence-electron chi connectivity index (χ1n) is 4.82. The SMILES string of the molecule is O=C(O)c1ccc(CNc2nc(Br)cs2)cc1. The van der Waals surface area contributed by atoms with Crippen LogP contribution in [0.3, 0.4) is 0 Å². The number of carboxylic acids is 1. The van der Waals surface area contributed by atoms with Gasteiger partial charge in [0.25, 0.3) is 0 Å². The summed E-state index contributed by atoms with van der Waals surface area (Å²) in [4.78, 5) is 14.9. The molecular weight excluding hydrogens is 304 g/mol. The van der Waals surface area contributed by atoms with E-state index in [4.69, 9.17) is 5.11 Å². The van der Waals surface area contributed by atoms with Crippen molar-refractivity contribution < 1.29 is 9.90 Å². The highest BCUT2D eigenvalue weighted by molar-refractivity contribution is 9.10. The van der Waals surface area contributed by atoms with Gasteiger partial charge in [-0.2, -0.15) is 0 Å². The van der Waals surface area contributed by atoms with Gasteiger partial charge >= 0.3 is 5.97 Å². The fourth-order valence-electron chi connectivity index (χ4n) is 1.28. The Morgan fingerprint density at radius 3 is 2.65 bits per heavy atom. The van der Waals surface area contributed by atoms with E-state index in [-0.39, 0.29) is 0 Å². The van der Waals surface area contributed by atoms with Crippen molar-refractivity contribution >= 4 is 38.4 Å². The zero-order chi connectivity index (χ0) is 12.3.